The summed E-state index contributed by atoms with van der Waals surface area (Å²) in [5, 5.41) is 11.0. The van der Waals surface area contributed by atoms with E-state index in [4.69, 9.17) is 14.2 Å². The molecule has 0 aliphatic carbocycles. The Balaban J connectivity index is 2.29. The fourth-order valence-corrected chi connectivity index (χ4v) is 4.17. The van der Waals surface area contributed by atoms with E-state index < -0.39 is 23.8 Å². The zero-order valence-corrected chi connectivity index (χ0v) is 22.6. The van der Waals surface area contributed by atoms with E-state index in [1.54, 1.807) is 20.1 Å². The molecular weight excluding hydrogens is 458 g/mol. The van der Waals surface area contributed by atoms with E-state index >= 15 is 0 Å². The van der Waals surface area contributed by atoms with Gasteiger partial charge in [0, 0.05) is 31.2 Å². The fraction of sp³-hybridized carbons (Fsp3) is 0.552. The van der Waals surface area contributed by atoms with Crippen LogP contribution in [0.5, 0.6) is 5.88 Å². The van der Waals surface area contributed by atoms with Crippen LogP contribution in [-0.4, -0.2) is 46.9 Å². The molecule has 0 saturated heterocycles. The molecule has 1 unspecified atom stereocenters. The van der Waals surface area contributed by atoms with Crippen LogP contribution in [0, 0.1) is 11.8 Å². The Hall–Kier alpha value is -2.93. The molecule has 2 rings (SSSR count). The largest absolute Gasteiger partial charge is 0.481 e. The maximum absolute atomic E-state index is 12.7. The van der Waals surface area contributed by atoms with Crippen LogP contribution in [0.25, 0.3) is 0 Å². The highest BCUT2D eigenvalue weighted by atomic mass is 16.6. The van der Waals surface area contributed by atoms with E-state index in [1.165, 1.54) is 6.92 Å². The third-order valence-electron chi connectivity index (χ3n) is 6.52. The van der Waals surface area contributed by atoms with E-state index in [1.807, 2.05) is 70.2 Å². The monoisotopic (exact) mass is 499 g/mol. The zero-order valence-electron chi connectivity index (χ0n) is 22.6. The lowest BCUT2D eigenvalue weighted by Crippen LogP contribution is -2.41. The summed E-state index contributed by atoms with van der Waals surface area (Å²) < 4.78 is 16.6. The van der Waals surface area contributed by atoms with Crippen LogP contribution in [0.2, 0.25) is 0 Å². The summed E-state index contributed by atoms with van der Waals surface area (Å²) in [6.07, 6.45) is 9.41. The molecule has 1 aromatic rings. The number of aliphatic hydroxyl groups is 1. The maximum atomic E-state index is 12.7. The quantitative estimate of drug-likeness (QED) is 0.322. The van der Waals surface area contributed by atoms with Gasteiger partial charge in [-0.05, 0) is 50.3 Å². The molecule has 6 atom stereocenters. The Bertz CT molecular complexity index is 980. The highest BCUT2D eigenvalue weighted by Gasteiger charge is 2.34. The average molecular weight is 500 g/mol. The summed E-state index contributed by atoms with van der Waals surface area (Å²) >= 11 is 0. The summed E-state index contributed by atoms with van der Waals surface area (Å²) in [6.45, 7) is 10.9. The number of hydrogen-bond acceptors (Lipinski definition) is 7. The van der Waals surface area contributed by atoms with Gasteiger partial charge >= 0.3 is 11.9 Å². The second-order valence-electron chi connectivity index (χ2n) is 10.1. The Labute approximate surface area is 215 Å². The number of esters is 2. The first-order chi connectivity index (χ1) is 16.9. The molecule has 198 valence electrons. The molecular formula is C29H41NO6. The molecule has 1 aliphatic rings. The molecule has 0 saturated carbocycles. The van der Waals surface area contributed by atoms with Crippen molar-refractivity contribution in [2.45, 2.75) is 84.5 Å². The first-order valence-electron chi connectivity index (χ1n) is 12.6. The summed E-state index contributed by atoms with van der Waals surface area (Å²) in [7, 11) is 1.59. The molecule has 0 aromatic carbocycles. The van der Waals surface area contributed by atoms with Gasteiger partial charge in [-0.3, -0.25) is 9.59 Å². The van der Waals surface area contributed by atoms with Gasteiger partial charge in [0.05, 0.1) is 12.8 Å². The van der Waals surface area contributed by atoms with Gasteiger partial charge in [-0.1, -0.05) is 51.1 Å². The number of nitrogens with zero attached hydrogens (tertiary/aromatic N) is 1. The van der Waals surface area contributed by atoms with Crippen LogP contribution < -0.4 is 4.74 Å². The Morgan fingerprint density at radius 1 is 1.28 bits per heavy atom. The first-order valence-corrected chi connectivity index (χ1v) is 12.6. The van der Waals surface area contributed by atoms with Gasteiger partial charge in [-0.15, -0.1) is 0 Å². The van der Waals surface area contributed by atoms with Crippen molar-refractivity contribution in [2.24, 2.45) is 11.8 Å². The van der Waals surface area contributed by atoms with E-state index in [9.17, 15) is 14.7 Å². The van der Waals surface area contributed by atoms with Crippen molar-refractivity contribution in [1.29, 1.82) is 0 Å². The van der Waals surface area contributed by atoms with E-state index in [2.05, 4.69) is 4.98 Å². The minimum absolute atomic E-state index is 0.0155. The van der Waals surface area contributed by atoms with E-state index in [-0.39, 0.29) is 30.1 Å². The summed E-state index contributed by atoms with van der Waals surface area (Å²) in [5.41, 5.74) is 0.526. The number of carbonyl (C=O) groups excluding carboxylic acids is 2. The second kappa shape index (κ2) is 13.4. The lowest BCUT2D eigenvalue weighted by molar-refractivity contribution is -0.156. The molecule has 1 aliphatic heterocycles. The second-order valence-corrected chi connectivity index (χ2v) is 10.1. The third kappa shape index (κ3) is 8.94. The zero-order chi connectivity index (χ0) is 26.9. The molecule has 0 fully saturated rings. The maximum Gasteiger partial charge on any atom is 0.306 e. The predicted octanol–water partition coefficient (Wildman–Crippen LogP) is 5.30. The van der Waals surface area contributed by atoms with Crippen LogP contribution in [0.15, 0.2) is 54.2 Å². The van der Waals surface area contributed by atoms with Crippen molar-refractivity contribution in [1.82, 2.24) is 4.98 Å². The van der Waals surface area contributed by atoms with Crippen molar-refractivity contribution < 1.29 is 28.9 Å². The molecule has 0 bridgehead atoms. The van der Waals surface area contributed by atoms with Gasteiger partial charge in [0.1, 0.15) is 17.8 Å². The fourth-order valence-electron chi connectivity index (χ4n) is 4.17. The molecule has 1 N–H and O–H groups in total. The minimum atomic E-state index is -1.24. The number of allylic oxidation sites excluding steroid dienone is 3. The normalized spacial score (nSPS) is 30.0. The summed E-state index contributed by atoms with van der Waals surface area (Å²) in [6, 6.07) is 5.67. The molecule has 0 radical (unpaired) electrons. The van der Waals surface area contributed by atoms with Crippen molar-refractivity contribution in [3.8, 4) is 5.88 Å². The molecule has 36 heavy (non-hydrogen) atoms. The molecule has 0 amide bonds. The highest BCUT2D eigenvalue weighted by molar-refractivity contribution is 5.70. The number of hydrogen-bond donors (Lipinski definition) is 1. The van der Waals surface area contributed by atoms with E-state index in [0.29, 0.717) is 18.7 Å². The van der Waals surface area contributed by atoms with Crippen molar-refractivity contribution in [3.63, 3.8) is 0 Å². The molecule has 7 heteroatoms. The van der Waals surface area contributed by atoms with Crippen molar-refractivity contribution in [3.05, 3.63) is 59.8 Å². The topological polar surface area (TPSA) is 95.0 Å². The smallest absolute Gasteiger partial charge is 0.306 e. The molecule has 2 heterocycles. The Kier molecular flexibility index (Phi) is 10.9. The van der Waals surface area contributed by atoms with Crippen LogP contribution in [0.1, 0.15) is 72.4 Å². The van der Waals surface area contributed by atoms with Gasteiger partial charge in [-0.25, -0.2) is 4.98 Å². The highest BCUT2D eigenvalue weighted by Crippen LogP contribution is 2.28. The van der Waals surface area contributed by atoms with Gasteiger partial charge in [0.25, 0.3) is 0 Å². The van der Waals surface area contributed by atoms with Gasteiger partial charge in [0.15, 0.2) is 0 Å². The SMILES string of the molecule is COc1cccc(C(C)/C=C/C=C(\C)[C@H]2OC(=O)C[C@H](C)CC[C@@](C)(O)[C@@H](OC(C)=O)/C=C/[C@@H]2C)n1. The molecule has 0 spiro atoms. The van der Waals surface area contributed by atoms with Gasteiger partial charge < -0.3 is 19.3 Å². The predicted molar refractivity (Wildman–Crippen MR) is 139 cm³/mol. The average Bonchev–Trinajstić information content (AvgIpc) is 2.82. The van der Waals surface area contributed by atoms with Crippen molar-refractivity contribution >= 4 is 11.9 Å². The number of cyclic esters (lactones) is 1. The first kappa shape index (κ1) is 29.3. The molecule has 7 nitrogen and oxygen atoms in total. The van der Waals surface area contributed by atoms with E-state index in [0.717, 1.165) is 11.3 Å². The lowest BCUT2D eigenvalue weighted by atomic mass is 9.87. The number of aromatic nitrogens is 1. The lowest BCUT2D eigenvalue weighted by Gasteiger charge is -2.32. The van der Waals surface area contributed by atoms with Crippen LogP contribution >= 0.6 is 0 Å². The Morgan fingerprint density at radius 3 is 2.67 bits per heavy atom. The number of carbonyl (C=O) groups is 2. The number of rotatable bonds is 6. The Morgan fingerprint density at radius 2 is 2.00 bits per heavy atom. The number of ether oxygens (including phenoxy) is 3. The van der Waals surface area contributed by atoms with Crippen LogP contribution in [0.4, 0.5) is 0 Å². The van der Waals surface area contributed by atoms with Gasteiger partial charge in [0.2, 0.25) is 5.88 Å². The van der Waals surface area contributed by atoms with Crippen molar-refractivity contribution in [2.75, 3.05) is 7.11 Å². The van der Waals surface area contributed by atoms with Crippen LogP contribution in [-0.2, 0) is 19.1 Å². The number of methoxy groups -OCH3 is 1. The third-order valence-corrected chi connectivity index (χ3v) is 6.52. The van der Waals surface area contributed by atoms with Crippen LogP contribution in [0.3, 0.4) is 0 Å². The minimum Gasteiger partial charge on any atom is -0.481 e. The number of pyridine rings is 1. The summed E-state index contributed by atoms with van der Waals surface area (Å²) in [5.74, 6) is -0.286. The molecule has 1 aromatic heterocycles. The van der Waals surface area contributed by atoms with Gasteiger partial charge in [-0.2, -0.15) is 0 Å². The summed E-state index contributed by atoms with van der Waals surface area (Å²) in [4.78, 5) is 28.9. The standard InChI is InChI=1S/C29H41NO6/c1-19-16-17-29(6,33)25(35-23(5)31)15-14-22(4)28(36-27(32)18-19)21(3)11-8-10-20(2)24-12-9-13-26(30-24)34-7/h8-15,19-20,22,25,28,33H,16-18H2,1-7H3/b10-8+,15-14+,21-11+/t19-,20?,22+,25+,28-,29-/m1/s1.